The lowest BCUT2D eigenvalue weighted by atomic mass is 9.89. The standard InChI is InChI=1S/C18H32N2O3.C2HF3O2/c1-15(2)20-10-11-23-18(14-20)7-5-6-16(18)12-22-13-17(21)19-8-3-4-9-19;3-2(4,5)1(6)7/h15-16H,3-14H2,1-2H3;(H,6,7)/t16-,18+;/m0./s1. The number of carbonyl (C=O) groups excluding carboxylic acids is 1. The normalized spacial score (nSPS) is 27.4. The highest BCUT2D eigenvalue weighted by Crippen LogP contribution is 2.41. The summed E-state index contributed by atoms with van der Waals surface area (Å²) in [7, 11) is 0. The minimum atomic E-state index is -5.08. The number of carboxylic acid groups (broad SMARTS) is 1. The van der Waals surface area contributed by atoms with Crippen LogP contribution in [0.25, 0.3) is 0 Å². The fraction of sp³-hybridized carbons (Fsp3) is 0.900. The maximum Gasteiger partial charge on any atom is 0.490 e. The fourth-order valence-electron chi connectivity index (χ4n) is 4.37. The third-order valence-corrected chi connectivity index (χ3v) is 6.11. The molecule has 1 spiro atoms. The van der Waals surface area contributed by atoms with Crippen LogP contribution in [-0.2, 0) is 19.1 Å². The van der Waals surface area contributed by atoms with E-state index >= 15 is 0 Å². The number of rotatable bonds is 5. The zero-order valence-electron chi connectivity index (χ0n) is 17.7. The summed E-state index contributed by atoms with van der Waals surface area (Å²) in [6, 6.07) is 0.565. The Bertz CT molecular complexity index is 581. The largest absolute Gasteiger partial charge is 0.490 e. The molecule has 0 aromatic rings. The van der Waals surface area contributed by atoms with E-state index in [9.17, 15) is 18.0 Å². The first-order chi connectivity index (χ1) is 14.0. The summed E-state index contributed by atoms with van der Waals surface area (Å²) in [6.45, 7) is 10.1. The highest BCUT2D eigenvalue weighted by molar-refractivity contribution is 5.77. The number of hydrogen-bond acceptors (Lipinski definition) is 5. The molecular formula is C20H33F3N2O5. The lowest BCUT2D eigenvalue weighted by molar-refractivity contribution is -0.192. The molecule has 0 aromatic heterocycles. The minimum absolute atomic E-state index is 0.0424. The third kappa shape index (κ3) is 6.81. The van der Waals surface area contributed by atoms with Crippen LogP contribution in [0.2, 0.25) is 0 Å². The average molecular weight is 438 g/mol. The predicted octanol–water partition coefficient (Wildman–Crippen LogP) is 2.54. The molecular weight excluding hydrogens is 405 g/mol. The average Bonchev–Trinajstić information content (AvgIpc) is 3.33. The van der Waals surface area contributed by atoms with Gasteiger partial charge < -0.3 is 19.5 Å². The van der Waals surface area contributed by atoms with Gasteiger partial charge in [0, 0.05) is 38.1 Å². The molecule has 2 atom stereocenters. The van der Waals surface area contributed by atoms with Crippen LogP contribution in [0.15, 0.2) is 0 Å². The molecule has 7 nitrogen and oxygen atoms in total. The first kappa shape index (κ1) is 24.9. The number of ether oxygens (including phenoxy) is 2. The number of amides is 1. The van der Waals surface area contributed by atoms with Crippen LogP contribution in [0.1, 0.15) is 46.0 Å². The number of aliphatic carboxylic acids is 1. The zero-order chi connectivity index (χ0) is 22.4. The van der Waals surface area contributed by atoms with Gasteiger partial charge in [0.1, 0.15) is 6.61 Å². The van der Waals surface area contributed by atoms with E-state index in [-0.39, 0.29) is 18.1 Å². The number of nitrogens with zero attached hydrogens (tertiary/aromatic N) is 2. The van der Waals surface area contributed by atoms with Crippen molar-refractivity contribution < 1.29 is 37.3 Å². The smallest absolute Gasteiger partial charge is 0.475 e. The van der Waals surface area contributed by atoms with Gasteiger partial charge in [-0.1, -0.05) is 6.42 Å². The summed E-state index contributed by atoms with van der Waals surface area (Å²) in [6.07, 6.45) is 0.681. The molecule has 0 unspecified atom stereocenters. The second-order valence-electron chi connectivity index (χ2n) is 8.47. The molecule has 3 aliphatic rings. The van der Waals surface area contributed by atoms with E-state index in [1.807, 2.05) is 4.90 Å². The van der Waals surface area contributed by atoms with E-state index in [4.69, 9.17) is 19.4 Å². The number of alkyl halides is 3. The Kier molecular flexibility index (Phi) is 8.93. The molecule has 1 saturated carbocycles. The van der Waals surface area contributed by atoms with Crippen LogP contribution in [0, 0.1) is 5.92 Å². The van der Waals surface area contributed by atoms with Crippen molar-refractivity contribution in [2.45, 2.75) is 63.8 Å². The molecule has 30 heavy (non-hydrogen) atoms. The fourth-order valence-corrected chi connectivity index (χ4v) is 4.37. The Balaban J connectivity index is 0.000000396. The number of carboxylic acids is 1. The lowest BCUT2D eigenvalue weighted by Crippen LogP contribution is -2.56. The molecule has 0 aromatic carbocycles. The molecule has 2 saturated heterocycles. The molecule has 0 bridgehead atoms. The van der Waals surface area contributed by atoms with Crippen molar-refractivity contribution in [2.75, 3.05) is 46.0 Å². The first-order valence-corrected chi connectivity index (χ1v) is 10.6. The topological polar surface area (TPSA) is 79.3 Å². The summed E-state index contributed by atoms with van der Waals surface area (Å²) in [5, 5.41) is 7.12. The van der Waals surface area contributed by atoms with Crippen molar-refractivity contribution in [2.24, 2.45) is 5.92 Å². The van der Waals surface area contributed by atoms with Gasteiger partial charge in [-0.05, 0) is 39.5 Å². The molecule has 1 amide bonds. The van der Waals surface area contributed by atoms with Gasteiger partial charge in [-0.25, -0.2) is 4.79 Å². The molecule has 10 heteroatoms. The summed E-state index contributed by atoms with van der Waals surface area (Å²) in [5.74, 6) is -2.18. The molecule has 174 valence electrons. The Morgan fingerprint density at radius 2 is 1.83 bits per heavy atom. The maximum atomic E-state index is 12.1. The van der Waals surface area contributed by atoms with Gasteiger partial charge in [-0.15, -0.1) is 0 Å². The Morgan fingerprint density at radius 1 is 1.20 bits per heavy atom. The number of likely N-dealkylation sites (tertiary alicyclic amines) is 1. The van der Waals surface area contributed by atoms with Crippen LogP contribution in [0.4, 0.5) is 13.2 Å². The van der Waals surface area contributed by atoms with E-state index in [1.54, 1.807) is 0 Å². The highest BCUT2D eigenvalue weighted by atomic mass is 19.4. The monoisotopic (exact) mass is 438 g/mol. The van der Waals surface area contributed by atoms with E-state index in [0.717, 1.165) is 58.5 Å². The van der Waals surface area contributed by atoms with E-state index in [2.05, 4.69) is 18.7 Å². The molecule has 2 heterocycles. The van der Waals surface area contributed by atoms with Crippen molar-refractivity contribution in [1.29, 1.82) is 0 Å². The van der Waals surface area contributed by atoms with Gasteiger partial charge in [0.15, 0.2) is 0 Å². The SMILES string of the molecule is CC(C)N1CCO[C@]2(CCC[C@H]2COCC(=O)N2CCCC2)C1.O=C(O)C(F)(F)F. The van der Waals surface area contributed by atoms with Crippen LogP contribution in [0.3, 0.4) is 0 Å². The zero-order valence-corrected chi connectivity index (χ0v) is 17.7. The first-order valence-electron chi connectivity index (χ1n) is 10.6. The maximum absolute atomic E-state index is 12.1. The Labute approximate surface area is 175 Å². The summed E-state index contributed by atoms with van der Waals surface area (Å²) < 4.78 is 43.8. The summed E-state index contributed by atoms with van der Waals surface area (Å²) >= 11 is 0. The van der Waals surface area contributed by atoms with Crippen molar-refractivity contribution in [3.05, 3.63) is 0 Å². The van der Waals surface area contributed by atoms with Crippen molar-refractivity contribution in [1.82, 2.24) is 9.80 Å². The molecule has 0 radical (unpaired) electrons. The van der Waals surface area contributed by atoms with E-state index in [1.165, 1.54) is 6.42 Å². The van der Waals surface area contributed by atoms with Crippen molar-refractivity contribution >= 4 is 11.9 Å². The molecule has 1 aliphatic carbocycles. The van der Waals surface area contributed by atoms with Gasteiger partial charge in [0.05, 0.1) is 18.8 Å². The summed E-state index contributed by atoms with van der Waals surface area (Å²) in [5.41, 5.74) is -0.0424. The van der Waals surface area contributed by atoms with Crippen LogP contribution >= 0.6 is 0 Å². The van der Waals surface area contributed by atoms with Crippen LogP contribution in [0.5, 0.6) is 0 Å². The second-order valence-corrected chi connectivity index (χ2v) is 8.47. The highest BCUT2D eigenvalue weighted by Gasteiger charge is 2.47. The Hall–Kier alpha value is -1.39. The molecule has 3 fully saturated rings. The van der Waals surface area contributed by atoms with Gasteiger partial charge in [-0.3, -0.25) is 9.69 Å². The molecule has 2 aliphatic heterocycles. The van der Waals surface area contributed by atoms with Gasteiger partial charge in [0.25, 0.3) is 0 Å². The van der Waals surface area contributed by atoms with E-state index < -0.39 is 12.1 Å². The van der Waals surface area contributed by atoms with Gasteiger partial charge in [0.2, 0.25) is 5.91 Å². The Morgan fingerprint density at radius 3 is 2.40 bits per heavy atom. The number of halogens is 3. The molecule has 3 rings (SSSR count). The lowest BCUT2D eigenvalue weighted by Gasteiger charge is -2.45. The predicted molar refractivity (Wildman–Crippen MR) is 103 cm³/mol. The third-order valence-electron chi connectivity index (χ3n) is 6.11. The quantitative estimate of drug-likeness (QED) is 0.711. The van der Waals surface area contributed by atoms with Crippen molar-refractivity contribution in [3.8, 4) is 0 Å². The number of hydrogen-bond donors (Lipinski definition) is 1. The van der Waals surface area contributed by atoms with Crippen molar-refractivity contribution in [3.63, 3.8) is 0 Å². The van der Waals surface area contributed by atoms with Gasteiger partial charge in [-0.2, -0.15) is 13.2 Å². The summed E-state index contributed by atoms with van der Waals surface area (Å²) in [4.78, 5) is 25.4. The molecule has 1 N–H and O–H groups in total. The van der Waals surface area contributed by atoms with Crippen LogP contribution < -0.4 is 0 Å². The van der Waals surface area contributed by atoms with Gasteiger partial charge >= 0.3 is 12.1 Å². The minimum Gasteiger partial charge on any atom is -0.475 e. The second kappa shape index (κ2) is 10.8. The van der Waals surface area contributed by atoms with Crippen LogP contribution in [-0.4, -0.2) is 90.6 Å². The number of morpholine rings is 1. The number of carbonyl (C=O) groups is 2. The van der Waals surface area contributed by atoms with E-state index in [0.29, 0.717) is 18.6 Å².